The molecule has 6 nitrogen and oxygen atoms in total. The van der Waals surface area contributed by atoms with Crippen molar-refractivity contribution in [3.63, 3.8) is 0 Å². The Morgan fingerprint density at radius 3 is 2.64 bits per heavy atom. The van der Waals surface area contributed by atoms with E-state index in [1.807, 2.05) is 4.68 Å². The third-order valence-electron chi connectivity index (χ3n) is 5.66. The highest BCUT2D eigenvalue weighted by Crippen LogP contribution is 2.46. The van der Waals surface area contributed by atoms with Crippen LogP contribution in [0.1, 0.15) is 49.8 Å². The standard InChI is InChI=1S/C18H21ClN6/c19-15-14-3-1-2-8-24(14)23-18(15)25-17(13(9-20)10-21-25)22-16(11-4-5-11)12-6-7-12/h10-12,16,22H,1-8H2. The van der Waals surface area contributed by atoms with Gasteiger partial charge in [-0.1, -0.05) is 11.6 Å². The topological polar surface area (TPSA) is 71.5 Å². The lowest BCUT2D eigenvalue weighted by Crippen LogP contribution is -2.26. The molecule has 0 aromatic carbocycles. The van der Waals surface area contributed by atoms with Gasteiger partial charge in [-0.3, -0.25) is 4.68 Å². The molecule has 2 fully saturated rings. The number of anilines is 1. The van der Waals surface area contributed by atoms with Gasteiger partial charge in [-0.15, -0.1) is 0 Å². The lowest BCUT2D eigenvalue weighted by Gasteiger charge is -2.19. The van der Waals surface area contributed by atoms with Crippen LogP contribution < -0.4 is 5.32 Å². The Balaban J connectivity index is 1.55. The molecule has 0 radical (unpaired) electrons. The number of nitrogens with one attached hydrogen (secondary N) is 1. The Kier molecular flexibility index (Phi) is 3.53. The molecule has 1 aliphatic heterocycles. The van der Waals surface area contributed by atoms with Gasteiger partial charge in [-0.2, -0.15) is 20.1 Å². The third-order valence-corrected chi connectivity index (χ3v) is 6.05. The number of nitrogens with zero attached hydrogens (tertiary/aromatic N) is 5. The first-order valence-corrected chi connectivity index (χ1v) is 9.64. The van der Waals surface area contributed by atoms with Crippen LogP contribution in [0.4, 0.5) is 5.82 Å². The predicted octanol–water partition coefficient (Wildman–Crippen LogP) is 3.53. The minimum atomic E-state index is 0.443. The van der Waals surface area contributed by atoms with Gasteiger partial charge in [0, 0.05) is 12.6 Å². The summed E-state index contributed by atoms with van der Waals surface area (Å²) in [5.41, 5.74) is 1.65. The Labute approximate surface area is 151 Å². The largest absolute Gasteiger partial charge is 0.366 e. The zero-order valence-corrected chi connectivity index (χ0v) is 14.8. The molecular weight excluding hydrogens is 336 g/mol. The van der Waals surface area contributed by atoms with Gasteiger partial charge in [-0.25, -0.2) is 0 Å². The first-order valence-electron chi connectivity index (χ1n) is 9.26. The lowest BCUT2D eigenvalue weighted by atomic mass is 10.1. The van der Waals surface area contributed by atoms with Crippen molar-refractivity contribution in [1.82, 2.24) is 19.6 Å². The van der Waals surface area contributed by atoms with E-state index in [1.54, 1.807) is 10.9 Å². The first kappa shape index (κ1) is 15.3. The molecule has 0 amide bonds. The van der Waals surface area contributed by atoms with Crippen molar-refractivity contribution in [3.05, 3.63) is 22.5 Å². The van der Waals surface area contributed by atoms with Crippen LogP contribution in [0, 0.1) is 23.2 Å². The van der Waals surface area contributed by atoms with Gasteiger partial charge in [0.05, 0.1) is 11.9 Å². The highest BCUT2D eigenvalue weighted by Gasteiger charge is 2.42. The minimum Gasteiger partial charge on any atom is -0.366 e. The van der Waals surface area contributed by atoms with Crippen LogP contribution in [0.3, 0.4) is 0 Å². The van der Waals surface area contributed by atoms with Crippen molar-refractivity contribution < 1.29 is 0 Å². The monoisotopic (exact) mass is 356 g/mol. The van der Waals surface area contributed by atoms with Gasteiger partial charge in [0.25, 0.3) is 0 Å². The number of rotatable bonds is 5. The van der Waals surface area contributed by atoms with Crippen molar-refractivity contribution in [2.75, 3.05) is 5.32 Å². The van der Waals surface area contributed by atoms with E-state index in [4.69, 9.17) is 16.7 Å². The van der Waals surface area contributed by atoms with E-state index in [-0.39, 0.29) is 0 Å². The molecule has 0 unspecified atom stereocenters. The Morgan fingerprint density at radius 2 is 2.00 bits per heavy atom. The van der Waals surface area contributed by atoms with E-state index < -0.39 is 0 Å². The van der Waals surface area contributed by atoms with Crippen molar-refractivity contribution in [3.8, 4) is 11.9 Å². The second kappa shape index (κ2) is 5.77. The van der Waals surface area contributed by atoms with Crippen LogP contribution in [0.5, 0.6) is 0 Å². The normalized spacial score (nSPS) is 19.7. The highest BCUT2D eigenvalue weighted by molar-refractivity contribution is 6.32. The average Bonchev–Trinajstić information content (AvgIpc) is 3.56. The number of aromatic nitrogens is 4. The van der Waals surface area contributed by atoms with E-state index in [9.17, 15) is 5.26 Å². The molecule has 1 N–H and O–H groups in total. The second-order valence-electron chi connectivity index (χ2n) is 7.54. The quantitative estimate of drug-likeness (QED) is 0.889. The van der Waals surface area contributed by atoms with E-state index in [1.165, 1.54) is 25.7 Å². The second-order valence-corrected chi connectivity index (χ2v) is 7.92. The summed E-state index contributed by atoms with van der Waals surface area (Å²) in [5, 5.41) is 23.0. The SMILES string of the molecule is N#Cc1cnn(-c2nn3c(c2Cl)CCCC3)c1NC(C1CC1)C1CC1. The van der Waals surface area contributed by atoms with E-state index in [0.717, 1.165) is 49.2 Å². The third kappa shape index (κ3) is 2.62. The average molecular weight is 357 g/mol. The van der Waals surface area contributed by atoms with Crippen LogP contribution in [0.25, 0.3) is 5.82 Å². The first-order chi connectivity index (χ1) is 12.3. The summed E-state index contributed by atoms with van der Waals surface area (Å²) in [4.78, 5) is 0. The van der Waals surface area contributed by atoms with Crippen LogP contribution in [0.2, 0.25) is 5.02 Å². The van der Waals surface area contributed by atoms with Crippen LogP contribution in [-0.2, 0) is 13.0 Å². The van der Waals surface area contributed by atoms with Crippen LogP contribution in [0.15, 0.2) is 6.20 Å². The van der Waals surface area contributed by atoms with Gasteiger partial charge < -0.3 is 5.32 Å². The number of aryl methyl sites for hydroxylation is 1. The van der Waals surface area contributed by atoms with Crippen LogP contribution in [-0.4, -0.2) is 25.6 Å². The fourth-order valence-electron chi connectivity index (χ4n) is 3.99. The van der Waals surface area contributed by atoms with Crippen molar-refractivity contribution in [2.45, 2.75) is 57.5 Å². The molecule has 2 aliphatic carbocycles. The molecule has 0 bridgehead atoms. The Bertz CT molecular complexity index is 840. The molecule has 2 saturated carbocycles. The number of hydrogen-bond acceptors (Lipinski definition) is 4. The Hall–Kier alpha value is -2.00. The molecule has 2 aromatic rings. The van der Waals surface area contributed by atoms with Crippen molar-refractivity contribution in [2.24, 2.45) is 11.8 Å². The number of hydrogen-bond donors (Lipinski definition) is 1. The fraction of sp³-hybridized carbons (Fsp3) is 0.611. The number of nitriles is 1. The summed E-state index contributed by atoms with van der Waals surface area (Å²) in [6.45, 7) is 0.900. The lowest BCUT2D eigenvalue weighted by molar-refractivity contribution is 0.484. The molecule has 0 saturated heterocycles. The summed E-state index contributed by atoms with van der Waals surface area (Å²) in [7, 11) is 0. The van der Waals surface area contributed by atoms with E-state index >= 15 is 0 Å². The van der Waals surface area contributed by atoms with Gasteiger partial charge in [0.1, 0.15) is 22.5 Å². The smallest absolute Gasteiger partial charge is 0.196 e. The van der Waals surface area contributed by atoms with E-state index in [0.29, 0.717) is 22.4 Å². The molecule has 0 spiro atoms. The summed E-state index contributed by atoms with van der Waals surface area (Å²) >= 11 is 6.63. The summed E-state index contributed by atoms with van der Waals surface area (Å²) < 4.78 is 3.74. The molecule has 0 atom stereocenters. The highest BCUT2D eigenvalue weighted by atomic mass is 35.5. The summed E-state index contributed by atoms with van der Waals surface area (Å²) in [6, 6.07) is 2.71. The fourth-order valence-corrected chi connectivity index (χ4v) is 4.30. The van der Waals surface area contributed by atoms with E-state index in [2.05, 4.69) is 16.5 Å². The van der Waals surface area contributed by atoms with Crippen molar-refractivity contribution in [1.29, 1.82) is 5.26 Å². The molecule has 2 aromatic heterocycles. The van der Waals surface area contributed by atoms with Gasteiger partial charge >= 0.3 is 0 Å². The van der Waals surface area contributed by atoms with Crippen molar-refractivity contribution >= 4 is 17.4 Å². The molecule has 25 heavy (non-hydrogen) atoms. The summed E-state index contributed by atoms with van der Waals surface area (Å²) in [5.74, 6) is 2.86. The molecule has 3 heterocycles. The molecular formula is C18H21ClN6. The van der Waals surface area contributed by atoms with Gasteiger partial charge in [-0.05, 0) is 56.8 Å². The number of halogens is 1. The maximum Gasteiger partial charge on any atom is 0.196 e. The molecule has 5 rings (SSSR count). The molecule has 3 aliphatic rings. The maximum atomic E-state index is 9.53. The van der Waals surface area contributed by atoms with Gasteiger partial charge in [0.15, 0.2) is 5.82 Å². The zero-order valence-electron chi connectivity index (χ0n) is 14.1. The maximum absolute atomic E-state index is 9.53. The zero-order chi connectivity index (χ0) is 17.0. The van der Waals surface area contributed by atoms with Crippen LogP contribution >= 0.6 is 11.6 Å². The molecule has 130 valence electrons. The predicted molar refractivity (Wildman–Crippen MR) is 94.9 cm³/mol. The Morgan fingerprint density at radius 1 is 1.24 bits per heavy atom. The van der Waals surface area contributed by atoms with Gasteiger partial charge in [0.2, 0.25) is 0 Å². The minimum absolute atomic E-state index is 0.443. The molecule has 7 heteroatoms. The number of fused-ring (bicyclic) bond motifs is 1. The summed E-state index contributed by atoms with van der Waals surface area (Å²) in [6.07, 6.45) is 9.97.